The van der Waals surface area contributed by atoms with Crippen molar-refractivity contribution in [1.82, 2.24) is 15.3 Å². The number of methoxy groups -OCH3 is 2. The standard InChI is InChI=1S/C21H33N5O10/c1-35-7-3-5-22-17-15(14(29)9-12(10-27)20(31)32)25-18(23-6-4-8-36-2)16(26-17)19(30)24-13(11-28)21(33)34/h12-13,27-28H,3-11H2,1-2H3,(H,22,26)(H,23,25)(H,24,30)(H,31,32)(H,33,34). The molecule has 0 aliphatic rings. The molecule has 1 rings (SSSR count). The quantitative estimate of drug-likeness (QED) is 0.0849. The number of ketones is 1. The molecule has 0 aromatic carbocycles. The van der Waals surface area contributed by atoms with Crippen molar-refractivity contribution in [2.75, 3.05) is 64.4 Å². The van der Waals surface area contributed by atoms with Gasteiger partial charge in [-0.2, -0.15) is 0 Å². The molecule has 15 heteroatoms. The van der Waals surface area contributed by atoms with Gasteiger partial charge in [0.05, 0.1) is 19.1 Å². The van der Waals surface area contributed by atoms with Crippen LogP contribution >= 0.6 is 0 Å². The van der Waals surface area contributed by atoms with Crippen molar-refractivity contribution in [3.63, 3.8) is 0 Å². The van der Waals surface area contributed by atoms with Crippen LogP contribution in [-0.4, -0.2) is 114 Å². The number of carboxylic acid groups (broad SMARTS) is 2. The Morgan fingerprint density at radius 1 is 0.833 bits per heavy atom. The lowest BCUT2D eigenvalue weighted by Gasteiger charge is -2.18. The Balaban J connectivity index is 3.47. The summed E-state index contributed by atoms with van der Waals surface area (Å²) in [5.41, 5.74) is -0.621. The van der Waals surface area contributed by atoms with E-state index in [9.17, 15) is 34.5 Å². The fourth-order valence-electron chi connectivity index (χ4n) is 2.84. The molecule has 1 aromatic rings. The van der Waals surface area contributed by atoms with Crippen molar-refractivity contribution in [3.05, 3.63) is 11.4 Å². The van der Waals surface area contributed by atoms with Crippen LogP contribution in [0.5, 0.6) is 0 Å². The van der Waals surface area contributed by atoms with Gasteiger partial charge in [0.15, 0.2) is 34.8 Å². The number of nitrogens with one attached hydrogen (secondary N) is 3. The van der Waals surface area contributed by atoms with Gasteiger partial charge in [0.2, 0.25) is 0 Å². The number of aliphatic hydroxyl groups is 2. The summed E-state index contributed by atoms with van der Waals surface area (Å²) >= 11 is 0. The number of aromatic nitrogens is 2. The molecule has 36 heavy (non-hydrogen) atoms. The molecular weight excluding hydrogens is 482 g/mol. The summed E-state index contributed by atoms with van der Waals surface area (Å²) in [6.45, 7) is -0.407. The maximum atomic E-state index is 13.0. The highest BCUT2D eigenvalue weighted by Crippen LogP contribution is 2.22. The van der Waals surface area contributed by atoms with E-state index in [2.05, 4.69) is 25.9 Å². The summed E-state index contributed by atoms with van der Waals surface area (Å²) in [4.78, 5) is 56.8. The van der Waals surface area contributed by atoms with Crippen molar-refractivity contribution in [2.24, 2.45) is 5.92 Å². The number of rotatable bonds is 19. The second-order valence-electron chi connectivity index (χ2n) is 7.56. The van der Waals surface area contributed by atoms with E-state index in [0.29, 0.717) is 26.1 Å². The Labute approximate surface area is 207 Å². The lowest BCUT2D eigenvalue weighted by atomic mass is 10.0. The van der Waals surface area contributed by atoms with E-state index in [1.165, 1.54) is 14.2 Å². The molecule has 1 amide bonds. The van der Waals surface area contributed by atoms with E-state index in [4.69, 9.17) is 14.6 Å². The van der Waals surface area contributed by atoms with Gasteiger partial charge in [0, 0.05) is 46.9 Å². The van der Waals surface area contributed by atoms with Gasteiger partial charge in [0.25, 0.3) is 5.91 Å². The van der Waals surface area contributed by atoms with Crippen LogP contribution < -0.4 is 16.0 Å². The summed E-state index contributed by atoms with van der Waals surface area (Å²) in [7, 11) is 3.00. The Morgan fingerprint density at radius 2 is 1.36 bits per heavy atom. The number of hydrogen-bond acceptors (Lipinski definition) is 12. The number of carboxylic acids is 2. The van der Waals surface area contributed by atoms with Crippen molar-refractivity contribution in [2.45, 2.75) is 25.3 Å². The molecule has 0 aliphatic carbocycles. The minimum absolute atomic E-state index is 0.137. The van der Waals surface area contributed by atoms with Crippen molar-refractivity contribution >= 4 is 35.3 Å². The molecule has 0 saturated heterocycles. The topological polar surface area (TPSA) is 230 Å². The van der Waals surface area contributed by atoms with Gasteiger partial charge < -0.3 is 45.9 Å². The van der Waals surface area contributed by atoms with Gasteiger partial charge in [-0.1, -0.05) is 0 Å². The molecule has 0 spiro atoms. The second-order valence-corrected chi connectivity index (χ2v) is 7.56. The fraction of sp³-hybridized carbons (Fsp3) is 0.619. The molecule has 1 aromatic heterocycles. The van der Waals surface area contributed by atoms with Crippen LogP contribution in [-0.2, 0) is 19.1 Å². The Bertz CT molecular complexity index is 826. The predicted molar refractivity (Wildman–Crippen MR) is 125 cm³/mol. The molecule has 7 N–H and O–H groups in total. The SMILES string of the molecule is COCCCNc1nc(C(=O)NC(CO)C(=O)O)c(NCCCOC)nc1C(=O)CC(CO)C(=O)O. The third kappa shape index (κ3) is 9.69. The van der Waals surface area contributed by atoms with Crippen molar-refractivity contribution in [3.8, 4) is 0 Å². The fourth-order valence-corrected chi connectivity index (χ4v) is 2.84. The summed E-state index contributed by atoms with van der Waals surface area (Å²) in [5.74, 6) is -6.23. The highest BCUT2D eigenvalue weighted by molar-refractivity contribution is 6.03. The summed E-state index contributed by atoms with van der Waals surface area (Å²) in [6, 6.07) is -1.61. The summed E-state index contributed by atoms with van der Waals surface area (Å²) in [6.07, 6.45) is 0.400. The zero-order valence-electron chi connectivity index (χ0n) is 20.2. The largest absolute Gasteiger partial charge is 0.481 e. The van der Waals surface area contributed by atoms with Gasteiger partial charge in [-0.3, -0.25) is 14.4 Å². The number of nitrogens with zero attached hydrogens (tertiary/aromatic N) is 2. The van der Waals surface area contributed by atoms with Gasteiger partial charge in [0.1, 0.15) is 0 Å². The van der Waals surface area contributed by atoms with E-state index in [1.54, 1.807) is 0 Å². The molecule has 202 valence electrons. The van der Waals surface area contributed by atoms with E-state index in [1.807, 2.05) is 0 Å². The van der Waals surface area contributed by atoms with Gasteiger partial charge in [-0.05, 0) is 12.8 Å². The second kappa shape index (κ2) is 16.3. The number of anilines is 2. The lowest BCUT2D eigenvalue weighted by Crippen LogP contribution is -2.44. The number of aliphatic carboxylic acids is 2. The zero-order valence-corrected chi connectivity index (χ0v) is 20.2. The highest BCUT2D eigenvalue weighted by atomic mass is 16.5. The predicted octanol–water partition coefficient (Wildman–Crippen LogP) is -1.19. The third-order valence-corrected chi connectivity index (χ3v) is 4.80. The normalized spacial score (nSPS) is 12.4. The van der Waals surface area contributed by atoms with Crippen LogP contribution in [0.1, 0.15) is 40.2 Å². The summed E-state index contributed by atoms with van der Waals surface area (Å²) < 4.78 is 9.95. The summed E-state index contributed by atoms with van der Waals surface area (Å²) in [5, 5.41) is 44.8. The van der Waals surface area contributed by atoms with E-state index in [0.717, 1.165) is 0 Å². The number of ether oxygens (including phenoxy) is 2. The van der Waals surface area contributed by atoms with Gasteiger partial charge in [-0.25, -0.2) is 14.8 Å². The molecule has 0 bridgehead atoms. The maximum absolute atomic E-state index is 13.0. The highest BCUT2D eigenvalue weighted by Gasteiger charge is 2.28. The smallest absolute Gasteiger partial charge is 0.328 e. The first-order chi connectivity index (χ1) is 17.2. The number of Topliss-reactive ketones (excluding diaryl/α,β-unsaturated/α-hetero) is 1. The third-order valence-electron chi connectivity index (χ3n) is 4.80. The van der Waals surface area contributed by atoms with Crippen molar-refractivity contribution in [1.29, 1.82) is 0 Å². The molecule has 0 aliphatic heterocycles. The Kier molecular flexibility index (Phi) is 13.9. The Hall–Kier alpha value is -3.40. The van der Waals surface area contributed by atoms with E-state index < -0.39 is 55.2 Å². The molecule has 0 radical (unpaired) electrons. The number of carbonyl (C=O) groups is 4. The van der Waals surface area contributed by atoms with Gasteiger partial charge in [-0.15, -0.1) is 0 Å². The van der Waals surface area contributed by atoms with Crippen LogP contribution in [0.3, 0.4) is 0 Å². The lowest BCUT2D eigenvalue weighted by molar-refractivity contribution is -0.143. The van der Waals surface area contributed by atoms with Gasteiger partial charge >= 0.3 is 11.9 Å². The molecule has 0 saturated carbocycles. The number of amides is 1. The van der Waals surface area contributed by atoms with Crippen molar-refractivity contribution < 1.29 is 49.1 Å². The van der Waals surface area contributed by atoms with Crippen LogP contribution in [0.25, 0.3) is 0 Å². The number of carbonyl (C=O) groups excluding carboxylic acids is 2. The first-order valence-electron chi connectivity index (χ1n) is 11.1. The average molecular weight is 516 g/mol. The van der Waals surface area contributed by atoms with Crippen LogP contribution in [0.15, 0.2) is 0 Å². The number of aliphatic hydroxyl groups excluding tert-OH is 2. The maximum Gasteiger partial charge on any atom is 0.328 e. The molecule has 15 nitrogen and oxygen atoms in total. The first kappa shape index (κ1) is 30.6. The molecule has 1 heterocycles. The van der Waals surface area contributed by atoms with Crippen LogP contribution in [0.4, 0.5) is 11.6 Å². The Morgan fingerprint density at radius 3 is 1.81 bits per heavy atom. The van der Waals surface area contributed by atoms with E-state index >= 15 is 0 Å². The monoisotopic (exact) mass is 515 g/mol. The minimum atomic E-state index is -1.61. The number of hydrogen-bond donors (Lipinski definition) is 7. The van der Waals surface area contributed by atoms with Crippen LogP contribution in [0.2, 0.25) is 0 Å². The minimum Gasteiger partial charge on any atom is -0.481 e. The zero-order chi connectivity index (χ0) is 27.1. The van der Waals surface area contributed by atoms with Crippen LogP contribution in [0, 0.1) is 5.92 Å². The molecule has 0 fully saturated rings. The molecular formula is C21H33N5O10. The average Bonchev–Trinajstić information content (AvgIpc) is 2.85. The molecule has 2 atom stereocenters. The molecule has 2 unspecified atom stereocenters. The first-order valence-corrected chi connectivity index (χ1v) is 11.1. The van der Waals surface area contributed by atoms with E-state index in [-0.39, 0.29) is 36.1 Å².